The number of hydrogen-bond donors (Lipinski definition) is 2. The summed E-state index contributed by atoms with van der Waals surface area (Å²) < 4.78 is 5.07. The number of amides is 2. The van der Waals surface area contributed by atoms with Crippen molar-refractivity contribution in [2.75, 3.05) is 13.2 Å². The molecule has 0 saturated heterocycles. The molecule has 1 atom stereocenters. The van der Waals surface area contributed by atoms with Crippen LogP contribution in [0.4, 0.5) is 0 Å². The SMILES string of the molecule is CC(NC(=O)COC(=O)CCNC(=O)C12CC3CC(CC(C3)C1)C2)c1ccccc1. The molecule has 0 aromatic heterocycles. The molecule has 4 bridgehead atoms. The van der Waals surface area contributed by atoms with Crippen molar-refractivity contribution < 1.29 is 19.1 Å². The van der Waals surface area contributed by atoms with Crippen LogP contribution in [0.2, 0.25) is 0 Å². The first-order valence-corrected chi connectivity index (χ1v) is 11.2. The van der Waals surface area contributed by atoms with Gasteiger partial charge in [-0.05, 0) is 68.8 Å². The van der Waals surface area contributed by atoms with Crippen LogP contribution >= 0.6 is 0 Å². The van der Waals surface area contributed by atoms with Gasteiger partial charge in [0.25, 0.3) is 5.91 Å². The summed E-state index contributed by atoms with van der Waals surface area (Å²) in [6, 6.07) is 9.46. The Morgan fingerprint density at radius 3 is 2.23 bits per heavy atom. The lowest BCUT2D eigenvalue weighted by molar-refractivity contribution is -0.149. The third-order valence-corrected chi connectivity index (χ3v) is 7.18. The molecule has 0 heterocycles. The van der Waals surface area contributed by atoms with E-state index in [1.165, 1.54) is 19.3 Å². The molecular formula is C24H32N2O4. The summed E-state index contributed by atoms with van der Waals surface area (Å²) in [6.07, 6.45) is 7.00. The Labute approximate surface area is 178 Å². The summed E-state index contributed by atoms with van der Waals surface area (Å²) >= 11 is 0. The van der Waals surface area contributed by atoms with Gasteiger partial charge in [-0.15, -0.1) is 0 Å². The smallest absolute Gasteiger partial charge is 0.308 e. The zero-order valence-electron chi connectivity index (χ0n) is 17.7. The highest BCUT2D eigenvalue weighted by atomic mass is 16.5. The maximum absolute atomic E-state index is 12.9. The number of hydrogen-bond acceptors (Lipinski definition) is 4. The van der Waals surface area contributed by atoms with E-state index in [1.807, 2.05) is 37.3 Å². The minimum Gasteiger partial charge on any atom is -0.456 e. The Kier molecular flexibility index (Phi) is 6.11. The Morgan fingerprint density at radius 1 is 1.03 bits per heavy atom. The first-order chi connectivity index (χ1) is 14.4. The Morgan fingerprint density at radius 2 is 1.63 bits per heavy atom. The Balaban J connectivity index is 1.15. The first kappa shape index (κ1) is 20.9. The fourth-order valence-corrected chi connectivity index (χ4v) is 6.18. The molecule has 162 valence electrons. The van der Waals surface area contributed by atoms with Crippen LogP contribution < -0.4 is 10.6 Å². The van der Waals surface area contributed by atoms with Crippen molar-refractivity contribution >= 4 is 17.8 Å². The zero-order valence-corrected chi connectivity index (χ0v) is 17.7. The van der Waals surface area contributed by atoms with Crippen LogP contribution in [0.3, 0.4) is 0 Å². The highest BCUT2D eigenvalue weighted by molar-refractivity contribution is 5.84. The van der Waals surface area contributed by atoms with Gasteiger partial charge in [0.1, 0.15) is 0 Å². The maximum atomic E-state index is 12.9. The lowest BCUT2D eigenvalue weighted by Gasteiger charge is -2.55. The van der Waals surface area contributed by atoms with E-state index < -0.39 is 5.97 Å². The summed E-state index contributed by atoms with van der Waals surface area (Å²) in [5, 5.41) is 5.79. The zero-order chi connectivity index (χ0) is 21.1. The molecule has 4 aliphatic carbocycles. The normalized spacial score (nSPS) is 29.8. The Hall–Kier alpha value is -2.37. The standard InChI is InChI=1S/C24H32N2O4/c1-16(20-5-3-2-4-6-20)26-21(27)15-30-22(28)7-8-25-23(29)24-12-17-9-18(13-24)11-19(10-17)14-24/h2-6,16-19H,7-15H2,1H3,(H,25,29)(H,26,27). The van der Waals surface area contributed by atoms with Crippen molar-refractivity contribution in [2.24, 2.45) is 23.2 Å². The van der Waals surface area contributed by atoms with Gasteiger partial charge in [0, 0.05) is 12.0 Å². The van der Waals surface area contributed by atoms with Crippen molar-refractivity contribution in [2.45, 2.75) is 57.9 Å². The number of ether oxygens (including phenoxy) is 1. The molecule has 1 aromatic carbocycles. The minimum absolute atomic E-state index is 0.0830. The predicted octanol–water partition coefficient (Wildman–Crippen LogP) is 3.13. The second-order valence-electron chi connectivity index (χ2n) is 9.56. The fourth-order valence-electron chi connectivity index (χ4n) is 6.18. The van der Waals surface area contributed by atoms with Crippen LogP contribution in [0.15, 0.2) is 30.3 Å². The molecule has 2 N–H and O–H groups in total. The minimum atomic E-state index is -0.469. The van der Waals surface area contributed by atoms with Crippen LogP contribution in [0.25, 0.3) is 0 Å². The maximum Gasteiger partial charge on any atom is 0.308 e. The van der Waals surface area contributed by atoms with Crippen molar-refractivity contribution in [1.29, 1.82) is 0 Å². The van der Waals surface area contributed by atoms with Gasteiger partial charge in [-0.2, -0.15) is 0 Å². The molecule has 6 heteroatoms. The molecule has 4 saturated carbocycles. The van der Waals surface area contributed by atoms with Crippen molar-refractivity contribution in [3.8, 4) is 0 Å². The number of benzene rings is 1. The van der Waals surface area contributed by atoms with Gasteiger partial charge in [-0.25, -0.2) is 0 Å². The van der Waals surface area contributed by atoms with Gasteiger partial charge in [0.15, 0.2) is 6.61 Å². The number of carbonyl (C=O) groups excluding carboxylic acids is 3. The van der Waals surface area contributed by atoms with Crippen LogP contribution in [0.5, 0.6) is 0 Å². The van der Waals surface area contributed by atoms with E-state index in [0.29, 0.717) is 17.8 Å². The van der Waals surface area contributed by atoms with E-state index in [9.17, 15) is 14.4 Å². The number of esters is 1. The number of carbonyl (C=O) groups is 3. The molecule has 0 radical (unpaired) electrons. The van der Waals surface area contributed by atoms with Crippen molar-refractivity contribution in [3.63, 3.8) is 0 Å². The van der Waals surface area contributed by atoms with Gasteiger partial charge in [-0.1, -0.05) is 30.3 Å². The van der Waals surface area contributed by atoms with Crippen LogP contribution in [0.1, 0.15) is 63.5 Å². The molecule has 1 aromatic rings. The van der Waals surface area contributed by atoms with E-state index in [4.69, 9.17) is 4.74 Å². The van der Waals surface area contributed by atoms with Gasteiger partial charge in [-0.3, -0.25) is 14.4 Å². The van der Waals surface area contributed by atoms with E-state index in [-0.39, 0.29) is 42.8 Å². The summed E-state index contributed by atoms with van der Waals surface area (Å²) in [4.78, 5) is 36.9. The lowest BCUT2D eigenvalue weighted by atomic mass is 9.49. The third-order valence-electron chi connectivity index (χ3n) is 7.18. The van der Waals surface area contributed by atoms with Gasteiger partial charge in [0.05, 0.1) is 12.5 Å². The quantitative estimate of drug-likeness (QED) is 0.643. The largest absolute Gasteiger partial charge is 0.456 e. The first-order valence-electron chi connectivity index (χ1n) is 11.2. The molecule has 0 aliphatic heterocycles. The van der Waals surface area contributed by atoms with E-state index in [2.05, 4.69) is 10.6 Å². The average molecular weight is 413 g/mol. The Bertz CT molecular complexity index is 756. The second kappa shape index (κ2) is 8.78. The second-order valence-corrected chi connectivity index (χ2v) is 9.56. The summed E-state index contributed by atoms with van der Waals surface area (Å²) in [5.74, 6) is 1.45. The third kappa shape index (κ3) is 4.68. The molecule has 30 heavy (non-hydrogen) atoms. The molecule has 5 rings (SSSR count). The monoisotopic (exact) mass is 412 g/mol. The van der Waals surface area contributed by atoms with Gasteiger partial charge in [0.2, 0.25) is 5.91 Å². The number of nitrogens with one attached hydrogen (secondary N) is 2. The topological polar surface area (TPSA) is 84.5 Å². The summed E-state index contributed by atoms with van der Waals surface area (Å²) in [7, 11) is 0. The van der Waals surface area contributed by atoms with E-state index in [1.54, 1.807) is 0 Å². The molecule has 2 amide bonds. The van der Waals surface area contributed by atoms with Crippen LogP contribution in [0, 0.1) is 23.2 Å². The molecule has 6 nitrogen and oxygen atoms in total. The lowest BCUT2D eigenvalue weighted by Crippen LogP contribution is -2.53. The fraction of sp³-hybridized carbons (Fsp3) is 0.625. The van der Waals surface area contributed by atoms with Gasteiger partial charge >= 0.3 is 5.97 Å². The summed E-state index contributed by atoms with van der Waals surface area (Å²) in [6.45, 7) is 1.84. The van der Waals surface area contributed by atoms with Crippen LogP contribution in [-0.4, -0.2) is 30.9 Å². The van der Waals surface area contributed by atoms with Crippen molar-refractivity contribution in [1.82, 2.24) is 10.6 Å². The van der Waals surface area contributed by atoms with E-state index in [0.717, 1.165) is 24.8 Å². The average Bonchev–Trinajstić information content (AvgIpc) is 2.72. The number of rotatable bonds is 8. The highest BCUT2D eigenvalue weighted by Gasteiger charge is 2.54. The molecule has 4 aliphatic rings. The molecule has 1 unspecified atom stereocenters. The predicted molar refractivity (Wildman–Crippen MR) is 112 cm³/mol. The molecule has 4 fully saturated rings. The van der Waals surface area contributed by atoms with Crippen LogP contribution in [-0.2, 0) is 19.1 Å². The van der Waals surface area contributed by atoms with Crippen molar-refractivity contribution in [3.05, 3.63) is 35.9 Å². The molecular weight excluding hydrogens is 380 g/mol. The highest BCUT2D eigenvalue weighted by Crippen LogP contribution is 2.60. The summed E-state index contributed by atoms with van der Waals surface area (Å²) in [5.41, 5.74) is 0.788. The van der Waals surface area contributed by atoms with E-state index >= 15 is 0 Å². The molecule has 0 spiro atoms. The van der Waals surface area contributed by atoms with Gasteiger partial charge < -0.3 is 15.4 Å².